The van der Waals surface area contributed by atoms with Crippen molar-refractivity contribution in [1.82, 2.24) is 0 Å². The van der Waals surface area contributed by atoms with Crippen LogP contribution in [0.5, 0.6) is 63.2 Å². The fraction of sp³-hybridized carbons (Fsp3) is 0.229. The lowest BCUT2D eigenvalue weighted by Gasteiger charge is -2.32. The van der Waals surface area contributed by atoms with Crippen LogP contribution in [0.4, 0.5) is 22.7 Å². The van der Waals surface area contributed by atoms with Crippen LogP contribution in [0, 0.1) is 0 Å². The molecule has 0 spiro atoms. The summed E-state index contributed by atoms with van der Waals surface area (Å²) in [6, 6.07) is 66.4. The average molecular weight is 1080 g/mol. The van der Waals surface area contributed by atoms with Crippen molar-refractivity contribution in [2.24, 2.45) is 0 Å². The Kier molecular flexibility index (Phi) is 17.0. The van der Waals surface area contributed by atoms with Crippen LogP contribution < -0.4 is 49.7 Å². The number of rotatable bonds is 10. The van der Waals surface area contributed by atoms with Gasteiger partial charge in [0.15, 0.2) is 13.5 Å². The molecule has 11 heteroatoms. The van der Waals surface area contributed by atoms with Crippen molar-refractivity contribution >= 4 is 22.7 Å². The molecule has 11 nitrogen and oxygen atoms in total. The van der Waals surface area contributed by atoms with Crippen LogP contribution in [0.2, 0.25) is 0 Å². The number of benzene rings is 9. The van der Waals surface area contributed by atoms with Crippen LogP contribution in [0.1, 0.15) is 90.1 Å². The molecule has 11 rings (SSSR count). The quantitative estimate of drug-likeness (QED) is 0.113. The lowest BCUT2D eigenvalue weighted by Crippen LogP contribution is -2.32. The van der Waals surface area contributed by atoms with Gasteiger partial charge in [-0.2, -0.15) is 0 Å². The molecule has 0 saturated carbocycles. The number of anilines is 4. The topological polar surface area (TPSA) is 134 Å². The zero-order valence-corrected chi connectivity index (χ0v) is 47.9. The van der Waals surface area contributed by atoms with E-state index in [4.69, 9.17) is 45.0 Å². The maximum Gasteiger partial charge on any atom is 0.161 e. The number of phenolic OH excluding ortho intramolecular Hbond substituents is 1. The second kappa shape index (κ2) is 24.4. The third-order valence-electron chi connectivity index (χ3n) is 13.7. The van der Waals surface area contributed by atoms with Gasteiger partial charge in [-0.3, -0.25) is 0 Å². The highest BCUT2D eigenvalue weighted by atomic mass is 16.5. The molecule has 0 radical (unpaired) electrons. The Bertz CT molecular complexity index is 3520. The van der Waals surface area contributed by atoms with Gasteiger partial charge in [-0.1, -0.05) is 129 Å². The van der Waals surface area contributed by atoms with Crippen molar-refractivity contribution in [3.05, 3.63) is 234 Å². The second-order valence-electron chi connectivity index (χ2n) is 23.4. The van der Waals surface area contributed by atoms with Crippen LogP contribution in [-0.4, -0.2) is 18.6 Å². The summed E-state index contributed by atoms with van der Waals surface area (Å²) in [5, 5.41) is 9.02. The van der Waals surface area contributed by atoms with E-state index in [1.165, 1.54) is 27.8 Å². The maximum absolute atomic E-state index is 9.02. The zero-order chi connectivity index (χ0) is 57.3. The summed E-state index contributed by atoms with van der Waals surface area (Å²) in [4.78, 5) is 4.44. The lowest BCUT2D eigenvalue weighted by molar-refractivity contribution is 0.288. The number of phenols is 1. The Hall–Kier alpha value is -9.22. The third-order valence-corrected chi connectivity index (χ3v) is 13.7. The predicted molar refractivity (Wildman–Crippen MR) is 328 cm³/mol. The van der Waals surface area contributed by atoms with Crippen molar-refractivity contribution in [2.75, 3.05) is 34.7 Å². The molecule has 2 aliphatic heterocycles. The smallest absolute Gasteiger partial charge is 0.161 e. The molecule has 2 aliphatic rings. The number of hydrogen-bond acceptors (Lipinski definition) is 11. The Labute approximate surface area is 477 Å². The molecule has 0 aliphatic carbocycles. The Morgan fingerprint density at radius 3 is 1.16 bits per heavy atom. The summed E-state index contributed by atoms with van der Waals surface area (Å²) in [6.45, 7) is 22.4. The maximum atomic E-state index is 9.02. The number of ether oxygens (including phenoxy) is 6. The van der Waals surface area contributed by atoms with Crippen LogP contribution in [0.3, 0.4) is 0 Å². The van der Waals surface area contributed by atoms with Gasteiger partial charge in [0.1, 0.15) is 63.2 Å². The molecule has 0 bridgehead atoms. The zero-order valence-electron chi connectivity index (χ0n) is 47.9. The third kappa shape index (κ3) is 15.5. The molecule has 5 N–H and O–H groups in total. The van der Waals surface area contributed by atoms with E-state index in [1.54, 1.807) is 24.3 Å². The van der Waals surface area contributed by atoms with Gasteiger partial charge in [0, 0.05) is 83.4 Å². The summed E-state index contributed by atoms with van der Waals surface area (Å²) in [6.07, 6.45) is 0. The van der Waals surface area contributed by atoms with Gasteiger partial charge in [-0.15, -0.1) is 0 Å². The van der Waals surface area contributed by atoms with Crippen molar-refractivity contribution in [3.8, 4) is 63.2 Å². The van der Waals surface area contributed by atoms with Gasteiger partial charge in [0.2, 0.25) is 0 Å². The average Bonchev–Trinajstić information content (AvgIpc) is 3.50. The molecule has 0 unspecified atom stereocenters. The molecule has 416 valence electrons. The normalized spacial score (nSPS) is 12.9. The number of nitrogen functional groups attached to an aromatic ring is 2. The minimum Gasteiger partial charge on any atom is -0.508 e. The Morgan fingerprint density at radius 2 is 0.716 bits per heavy atom. The van der Waals surface area contributed by atoms with Gasteiger partial charge < -0.3 is 54.8 Å². The summed E-state index contributed by atoms with van der Waals surface area (Å²) in [5.74, 6) is 7.87. The number of nitrogens with zero attached hydrogens (tertiary/aromatic N) is 2. The SMILES string of the molecule is CC(C)(C)c1ccc(O)cc1.CC(C)(C)c1ccc2c(c1)CN(c1cccc(Oc3cccc(Oc4cccc(N5COc6cc(C(C)(C)C)ccc6C5)c4)c3)c1)CO2.Nc1cccc(Oc2cccc(Oc3cccc(N)c3)c2)c1. The van der Waals surface area contributed by atoms with Gasteiger partial charge >= 0.3 is 0 Å². The van der Waals surface area contributed by atoms with E-state index < -0.39 is 0 Å². The first kappa shape index (κ1) is 56.5. The fourth-order valence-corrected chi connectivity index (χ4v) is 9.08. The van der Waals surface area contributed by atoms with E-state index in [-0.39, 0.29) is 16.2 Å². The molecular weight excluding hydrogens is 1010 g/mol. The number of aromatic hydroxyl groups is 1. The van der Waals surface area contributed by atoms with Gasteiger partial charge in [-0.05, 0) is 136 Å². The summed E-state index contributed by atoms with van der Waals surface area (Å²) in [7, 11) is 0. The van der Waals surface area contributed by atoms with Crippen molar-refractivity contribution < 1.29 is 33.5 Å². The monoisotopic (exact) mass is 1080 g/mol. The minimum absolute atomic E-state index is 0.0817. The van der Waals surface area contributed by atoms with Crippen LogP contribution in [0.15, 0.2) is 206 Å². The van der Waals surface area contributed by atoms with Crippen molar-refractivity contribution in [2.45, 2.75) is 91.6 Å². The Balaban J connectivity index is 0.000000196. The van der Waals surface area contributed by atoms with Crippen LogP contribution >= 0.6 is 0 Å². The molecule has 0 aromatic heterocycles. The van der Waals surface area contributed by atoms with Crippen LogP contribution in [0.25, 0.3) is 0 Å². The number of hydrogen-bond donors (Lipinski definition) is 3. The Morgan fingerprint density at radius 1 is 0.358 bits per heavy atom. The molecule has 9 aromatic carbocycles. The van der Waals surface area contributed by atoms with E-state index in [0.717, 1.165) is 47.5 Å². The summed E-state index contributed by atoms with van der Waals surface area (Å²) < 4.78 is 36.5. The molecule has 0 saturated heterocycles. The van der Waals surface area contributed by atoms with Gasteiger partial charge in [0.05, 0.1) is 0 Å². The molecule has 81 heavy (non-hydrogen) atoms. The molecule has 2 heterocycles. The summed E-state index contributed by atoms with van der Waals surface area (Å²) in [5.41, 5.74) is 21.4. The molecule has 0 amide bonds. The predicted octanol–water partition coefficient (Wildman–Crippen LogP) is 17.7. The minimum atomic E-state index is 0.0817. The van der Waals surface area contributed by atoms with Crippen molar-refractivity contribution in [1.29, 1.82) is 0 Å². The van der Waals surface area contributed by atoms with Gasteiger partial charge in [0.25, 0.3) is 0 Å². The van der Waals surface area contributed by atoms with Crippen molar-refractivity contribution in [3.63, 3.8) is 0 Å². The molecule has 0 atom stereocenters. The van der Waals surface area contributed by atoms with E-state index in [0.29, 0.717) is 65.1 Å². The highest BCUT2D eigenvalue weighted by Gasteiger charge is 2.24. The standard InChI is InChI=1S/C42H44N2O4.C18H16N2O2.C10H14O/c1-41(2,3)31-18-19-39-30(20-31)26-44(27-45-39)34-11-8-13-36(23-34)48-38-15-9-14-37(24-38)47-35-12-7-10-33(22-35)43-25-29-16-17-32(42(4,5)6)21-40(29)46-28-43;19-13-4-1-6-15(10-13)21-17-8-3-9-18(12-17)22-16-7-2-5-14(20)11-16;1-10(2,3)8-4-6-9(11)7-5-8/h7-24H,25-28H2,1-6H3;1-12H,19-20H2;4-7,11H,1-3H3. The molecular formula is C70H74N4O7. The van der Waals surface area contributed by atoms with E-state index in [9.17, 15) is 0 Å². The molecule has 9 aromatic rings. The number of nitrogens with two attached hydrogens (primary N) is 2. The van der Waals surface area contributed by atoms with E-state index in [2.05, 4.69) is 133 Å². The summed E-state index contributed by atoms with van der Waals surface area (Å²) >= 11 is 0. The highest BCUT2D eigenvalue weighted by molar-refractivity contribution is 5.57. The first-order valence-electron chi connectivity index (χ1n) is 27.3. The second-order valence-corrected chi connectivity index (χ2v) is 23.4. The number of fused-ring (bicyclic) bond motifs is 2. The van der Waals surface area contributed by atoms with Gasteiger partial charge in [-0.25, -0.2) is 0 Å². The lowest BCUT2D eigenvalue weighted by atomic mass is 9.86. The van der Waals surface area contributed by atoms with E-state index in [1.807, 2.05) is 121 Å². The first-order valence-corrected chi connectivity index (χ1v) is 27.3. The van der Waals surface area contributed by atoms with Crippen LogP contribution in [-0.2, 0) is 29.3 Å². The highest BCUT2D eigenvalue weighted by Crippen LogP contribution is 2.38. The van der Waals surface area contributed by atoms with E-state index >= 15 is 0 Å². The first-order chi connectivity index (χ1) is 38.7. The fourth-order valence-electron chi connectivity index (χ4n) is 9.08. The largest absolute Gasteiger partial charge is 0.508 e. The molecule has 0 fully saturated rings.